The molecule has 0 saturated carbocycles. The molecule has 7 heteroatoms. The normalized spacial score (nSPS) is 10.0. The van der Waals surface area contributed by atoms with Crippen LogP contribution in [0.5, 0.6) is 11.5 Å². The van der Waals surface area contributed by atoms with Crippen molar-refractivity contribution in [3.63, 3.8) is 0 Å². The van der Waals surface area contributed by atoms with Gasteiger partial charge in [-0.05, 0) is 30.3 Å². The monoisotopic (exact) mass is 363 g/mol. The van der Waals surface area contributed by atoms with Gasteiger partial charge >= 0.3 is 5.97 Å². The van der Waals surface area contributed by atoms with Crippen LogP contribution in [-0.4, -0.2) is 32.6 Å². The van der Waals surface area contributed by atoms with E-state index >= 15 is 0 Å². The topological polar surface area (TPSA) is 73.9 Å². The molecule has 25 heavy (non-hydrogen) atoms. The minimum Gasteiger partial charge on any atom is -0.496 e. The van der Waals surface area contributed by atoms with Crippen molar-refractivity contribution in [2.75, 3.05) is 20.8 Å². The van der Waals surface area contributed by atoms with Gasteiger partial charge in [0.05, 0.1) is 19.8 Å². The second kappa shape index (κ2) is 8.94. The van der Waals surface area contributed by atoms with Gasteiger partial charge in [-0.2, -0.15) is 0 Å². The van der Waals surface area contributed by atoms with Crippen LogP contribution in [0.2, 0.25) is 5.02 Å². The lowest BCUT2D eigenvalue weighted by Gasteiger charge is -2.11. The van der Waals surface area contributed by atoms with Gasteiger partial charge in [0.25, 0.3) is 5.91 Å². The molecule has 0 radical (unpaired) electrons. The zero-order valence-corrected chi connectivity index (χ0v) is 14.6. The molecule has 0 atom stereocenters. The summed E-state index contributed by atoms with van der Waals surface area (Å²) in [5, 5.41) is 3.01. The van der Waals surface area contributed by atoms with E-state index in [0.717, 1.165) is 0 Å². The quantitative estimate of drug-likeness (QED) is 0.766. The van der Waals surface area contributed by atoms with Crippen LogP contribution in [0.4, 0.5) is 0 Å². The third kappa shape index (κ3) is 5.12. The summed E-state index contributed by atoms with van der Waals surface area (Å²) in [6.45, 7) is -0.271. The number of rotatable bonds is 7. The molecule has 0 bridgehead atoms. The molecule has 2 aromatic rings. The highest BCUT2D eigenvalue weighted by Gasteiger charge is 2.14. The number of amides is 1. The molecule has 6 nitrogen and oxygen atoms in total. The summed E-state index contributed by atoms with van der Waals surface area (Å²) in [7, 11) is 2.99. The van der Waals surface area contributed by atoms with Crippen LogP contribution >= 0.6 is 11.6 Å². The lowest BCUT2D eigenvalue weighted by molar-refractivity contribution is -0.143. The van der Waals surface area contributed by atoms with Crippen LogP contribution < -0.4 is 14.8 Å². The van der Waals surface area contributed by atoms with Gasteiger partial charge in [0.2, 0.25) is 0 Å². The fourth-order valence-electron chi connectivity index (χ4n) is 2.15. The van der Waals surface area contributed by atoms with E-state index in [2.05, 4.69) is 5.32 Å². The van der Waals surface area contributed by atoms with Crippen LogP contribution in [0, 0.1) is 0 Å². The van der Waals surface area contributed by atoms with Gasteiger partial charge in [-0.1, -0.05) is 23.7 Å². The largest absolute Gasteiger partial charge is 0.496 e. The molecule has 1 amide bonds. The van der Waals surface area contributed by atoms with Gasteiger partial charge in [0, 0.05) is 10.6 Å². The van der Waals surface area contributed by atoms with Gasteiger partial charge in [0.1, 0.15) is 24.7 Å². The Kier molecular flexibility index (Phi) is 6.65. The SMILES string of the molecule is COc1ccc(Cl)cc1COC(=O)CNC(=O)c1ccccc1OC. The van der Waals surface area contributed by atoms with Crippen molar-refractivity contribution in [1.29, 1.82) is 0 Å². The molecule has 1 N–H and O–H groups in total. The predicted octanol–water partition coefficient (Wildman–Crippen LogP) is 2.83. The number of carbonyl (C=O) groups is 2. The van der Waals surface area contributed by atoms with Crippen molar-refractivity contribution in [3.8, 4) is 11.5 Å². The van der Waals surface area contributed by atoms with Crippen molar-refractivity contribution in [1.82, 2.24) is 5.32 Å². The molecule has 132 valence electrons. The summed E-state index contributed by atoms with van der Waals surface area (Å²) in [5.74, 6) is -0.00713. The molecule has 0 spiro atoms. The molecule has 0 aliphatic heterocycles. The first-order chi connectivity index (χ1) is 12.0. The molecule has 2 rings (SSSR count). The zero-order valence-electron chi connectivity index (χ0n) is 13.9. The highest BCUT2D eigenvalue weighted by atomic mass is 35.5. The Morgan fingerprint density at radius 3 is 2.48 bits per heavy atom. The van der Waals surface area contributed by atoms with Crippen molar-refractivity contribution < 1.29 is 23.8 Å². The third-order valence-electron chi connectivity index (χ3n) is 3.38. The number of nitrogens with one attached hydrogen (secondary N) is 1. The fraction of sp³-hybridized carbons (Fsp3) is 0.222. The molecule has 0 fully saturated rings. The highest BCUT2D eigenvalue weighted by Crippen LogP contribution is 2.23. The van der Waals surface area contributed by atoms with Gasteiger partial charge in [0.15, 0.2) is 0 Å². The van der Waals surface area contributed by atoms with E-state index in [0.29, 0.717) is 27.6 Å². The lowest BCUT2D eigenvalue weighted by atomic mass is 10.2. The van der Waals surface area contributed by atoms with E-state index in [9.17, 15) is 9.59 Å². The second-order valence-electron chi connectivity index (χ2n) is 5.00. The highest BCUT2D eigenvalue weighted by molar-refractivity contribution is 6.30. The number of ether oxygens (including phenoxy) is 3. The number of carbonyl (C=O) groups excluding carboxylic acids is 2. The maximum Gasteiger partial charge on any atom is 0.325 e. The number of para-hydroxylation sites is 1. The standard InChI is InChI=1S/C18H18ClNO5/c1-23-15-8-7-13(19)9-12(15)11-25-17(21)10-20-18(22)14-5-3-4-6-16(14)24-2/h3-9H,10-11H2,1-2H3,(H,20,22). The first kappa shape index (κ1) is 18.6. The Hall–Kier alpha value is -2.73. The van der Waals surface area contributed by atoms with Crippen molar-refractivity contribution in [2.24, 2.45) is 0 Å². The Labute approximate surface area is 150 Å². The summed E-state index contributed by atoms with van der Waals surface area (Å²) in [4.78, 5) is 24.0. The van der Waals surface area contributed by atoms with Crippen molar-refractivity contribution in [3.05, 3.63) is 58.6 Å². The van der Waals surface area contributed by atoms with Gasteiger partial charge in [-0.25, -0.2) is 0 Å². The minimum atomic E-state index is -0.578. The molecular formula is C18H18ClNO5. The van der Waals surface area contributed by atoms with Crippen molar-refractivity contribution >= 4 is 23.5 Å². The average Bonchev–Trinajstić information content (AvgIpc) is 2.64. The molecule has 0 unspecified atom stereocenters. The third-order valence-corrected chi connectivity index (χ3v) is 3.61. The van der Waals surface area contributed by atoms with Gasteiger partial charge in [-0.3, -0.25) is 9.59 Å². The van der Waals surface area contributed by atoms with Crippen LogP contribution in [-0.2, 0) is 16.1 Å². The van der Waals surface area contributed by atoms with E-state index < -0.39 is 11.9 Å². The predicted molar refractivity (Wildman–Crippen MR) is 93.1 cm³/mol. The Balaban J connectivity index is 1.89. The van der Waals surface area contributed by atoms with Gasteiger partial charge in [-0.15, -0.1) is 0 Å². The molecule has 0 saturated heterocycles. The zero-order chi connectivity index (χ0) is 18.2. The molecule has 0 aromatic heterocycles. The fourth-order valence-corrected chi connectivity index (χ4v) is 2.34. The summed E-state index contributed by atoms with van der Waals surface area (Å²) in [6.07, 6.45) is 0. The smallest absolute Gasteiger partial charge is 0.325 e. The van der Waals surface area contributed by atoms with E-state index in [1.807, 2.05) is 0 Å². The number of esters is 1. The number of hydrogen-bond acceptors (Lipinski definition) is 5. The van der Waals surface area contributed by atoms with Gasteiger partial charge < -0.3 is 19.5 Å². The summed E-state index contributed by atoms with van der Waals surface area (Å²) >= 11 is 5.92. The maximum atomic E-state index is 12.1. The minimum absolute atomic E-state index is 0.00685. The van der Waals surface area contributed by atoms with Crippen LogP contribution in [0.3, 0.4) is 0 Å². The Morgan fingerprint density at radius 1 is 1.04 bits per heavy atom. The summed E-state index contributed by atoms with van der Waals surface area (Å²) in [5.41, 5.74) is 0.980. The molecular weight excluding hydrogens is 346 g/mol. The summed E-state index contributed by atoms with van der Waals surface area (Å²) < 4.78 is 15.4. The van der Waals surface area contributed by atoms with E-state index in [1.54, 1.807) is 42.5 Å². The van der Waals surface area contributed by atoms with E-state index in [4.69, 9.17) is 25.8 Å². The number of methoxy groups -OCH3 is 2. The Bertz CT molecular complexity index is 763. The lowest BCUT2D eigenvalue weighted by Crippen LogP contribution is -2.30. The molecule has 0 aliphatic carbocycles. The molecule has 0 heterocycles. The molecule has 2 aromatic carbocycles. The maximum absolute atomic E-state index is 12.1. The molecule has 0 aliphatic rings. The average molecular weight is 364 g/mol. The van der Waals surface area contributed by atoms with Crippen LogP contribution in [0.15, 0.2) is 42.5 Å². The second-order valence-corrected chi connectivity index (χ2v) is 5.44. The van der Waals surface area contributed by atoms with E-state index in [-0.39, 0.29) is 13.2 Å². The van der Waals surface area contributed by atoms with Crippen LogP contribution in [0.25, 0.3) is 0 Å². The van der Waals surface area contributed by atoms with E-state index in [1.165, 1.54) is 14.2 Å². The summed E-state index contributed by atoms with van der Waals surface area (Å²) in [6, 6.07) is 11.8. The Morgan fingerprint density at radius 2 is 1.76 bits per heavy atom. The van der Waals surface area contributed by atoms with Crippen molar-refractivity contribution in [2.45, 2.75) is 6.61 Å². The number of hydrogen-bond donors (Lipinski definition) is 1. The number of halogens is 1. The number of benzene rings is 2. The first-order valence-corrected chi connectivity index (χ1v) is 7.82. The van der Waals surface area contributed by atoms with Crippen LogP contribution in [0.1, 0.15) is 15.9 Å². The first-order valence-electron chi connectivity index (χ1n) is 7.44.